The van der Waals surface area contributed by atoms with Crippen LogP contribution in [-0.4, -0.2) is 22.2 Å². The van der Waals surface area contributed by atoms with E-state index in [1.54, 1.807) is 6.07 Å². The first kappa shape index (κ1) is 12.6. The fourth-order valence-corrected chi connectivity index (χ4v) is 2.27. The predicted octanol–water partition coefficient (Wildman–Crippen LogP) is 2.82. The highest BCUT2D eigenvalue weighted by atomic mass is 16.4. The first-order valence-corrected chi connectivity index (χ1v) is 6.17. The summed E-state index contributed by atoms with van der Waals surface area (Å²) in [6.07, 6.45) is 5.44. The van der Waals surface area contributed by atoms with Crippen molar-refractivity contribution in [3.63, 3.8) is 0 Å². The van der Waals surface area contributed by atoms with Gasteiger partial charge < -0.3 is 10.2 Å². The molecule has 1 aliphatic rings. The molecular formula is C14H16O4. The van der Waals surface area contributed by atoms with Gasteiger partial charge in [-0.25, -0.2) is 9.59 Å². The molecule has 96 valence electrons. The topological polar surface area (TPSA) is 74.6 Å². The van der Waals surface area contributed by atoms with Gasteiger partial charge in [0, 0.05) is 0 Å². The molecule has 1 aliphatic carbocycles. The molecule has 0 bridgehead atoms. The molecule has 0 unspecified atom stereocenters. The lowest BCUT2D eigenvalue weighted by molar-refractivity contribution is 0.0695. The van der Waals surface area contributed by atoms with E-state index in [4.69, 9.17) is 10.2 Å². The first-order valence-electron chi connectivity index (χ1n) is 6.17. The Labute approximate surface area is 105 Å². The van der Waals surface area contributed by atoms with Crippen LogP contribution in [0.1, 0.15) is 52.0 Å². The highest BCUT2D eigenvalue weighted by Gasteiger charge is 2.19. The third-order valence-electron chi connectivity index (χ3n) is 3.63. The highest BCUT2D eigenvalue weighted by molar-refractivity contribution is 5.94. The molecule has 1 aromatic rings. The lowest BCUT2D eigenvalue weighted by Gasteiger charge is -2.25. The lowest BCUT2D eigenvalue weighted by Crippen LogP contribution is -2.13. The van der Waals surface area contributed by atoms with Crippen LogP contribution < -0.4 is 0 Å². The normalized spacial score (nSPS) is 15.1. The van der Waals surface area contributed by atoms with Crippen LogP contribution in [0.15, 0.2) is 18.2 Å². The van der Waals surface area contributed by atoms with Crippen LogP contribution in [0.3, 0.4) is 0 Å². The van der Waals surface area contributed by atoms with E-state index >= 15 is 0 Å². The number of carbonyl (C=O) groups is 2. The summed E-state index contributed by atoms with van der Waals surface area (Å²) < 4.78 is 0. The van der Waals surface area contributed by atoms with Crippen molar-refractivity contribution in [2.24, 2.45) is 5.92 Å². The molecule has 18 heavy (non-hydrogen) atoms. The number of rotatable bonds is 5. The molecule has 0 aromatic heterocycles. The Balaban J connectivity index is 2.16. The maximum Gasteiger partial charge on any atom is 0.335 e. The number of carboxylic acid groups (broad SMARTS) is 2. The van der Waals surface area contributed by atoms with E-state index in [1.165, 1.54) is 31.4 Å². The number of benzene rings is 1. The summed E-state index contributed by atoms with van der Waals surface area (Å²) in [4.78, 5) is 21.9. The second kappa shape index (κ2) is 5.21. The van der Waals surface area contributed by atoms with E-state index in [0.717, 1.165) is 12.0 Å². The molecule has 4 nitrogen and oxygen atoms in total. The van der Waals surface area contributed by atoms with Gasteiger partial charge in [0.1, 0.15) is 0 Å². The molecule has 0 atom stereocenters. The van der Waals surface area contributed by atoms with Gasteiger partial charge in [0.2, 0.25) is 0 Å². The van der Waals surface area contributed by atoms with Gasteiger partial charge in [-0.2, -0.15) is 0 Å². The van der Waals surface area contributed by atoms with Gasteiger partial charge in [-0.1, -0.05) is 25.3 Å². The first-order chi connectivity index (χ1) is 8.58. The van der Waals surface area contributed by atoms with Crippen LogP contribution in [-0.2, 0) is 6.42 Å². The predicted molar refractivity (Wildman–Crippen MR) is 66.0 cm³/mol. The molecule has 0 radical (unpaired) electrons. The quantitative estimate of drug-likeness (QED) is 0.840. The summed E-state index contributed by atoms with van der Waals surface area (Å²) in [5.41, 5.74) is 0.883. The summed E-state index contributed by atoms with van der Waals surface area (Å²) in [5, 5.41) is 18.0. The SMILES string of the molecule is O=C(O)c1ccc(CCC2CCC2)c(C(=O)O)c1. The van der Waals surface area contributed by atoms with Gasteiger partial charge in [0.15, 0.2) is 0 Å². The Morgan fingerprint density at radius 3 is 2.39 bits per heavy atom. The third kappa shape index (κ3) is 2.70. The fraction of sp³-hybridized carbons (Fsp3) is 0.429. The molecule has 0 heterocycles. The fourth-order valence-electron chi connectivity index (χ4n) is 2.27. The Morgan fingerprint density at radius 1 is 1.17 bits per heavy atom. The third-order valence-corrected chi connectivity index (χ3v) is 3.63. The molecule has 2 N–H and O–H groups in total. The zero-order valence-electron chi connectivity index (χ0n) is 10.1. The second-order valence-electron chi connectivity index (χ2n) is 4.82. The van der Waals surface area contributed by atoms with Crippen LogP contribution in [0.2, 0.25) is 0 Å². The average molecular weight is 248 g/mol. The summed E-state index contributed by atoms with van der Waals surface area (Å²) >= 11 is 0. The Kier molecular flexibility index (Phi) is 3.65. The molecule has 0 spiro atoms. The molecule has 1 aromatic carbocycles. The highest BCUT2D eigenvalue weighted by Crippen LogP contribution is 2.31. The average Bonchev–Trinajstić information content (AvgIpc) is 2.26. The minimum absolute atomic E-state index is 0.0276. The van der Waals surface area contributed by atoms with Gasteiger partial charge in [0.05, 0.1) is 11.1 Å². The lowest BCUT2D eigenvalue weighted by atomic mass is 9.81. The molecule has 0 saturated heterocycles. The number of carboxylic acids is 2. The summed E-state index contributed by atoms with van der Waals surface area (Å²) in [6, 6.07) is 4.36. The van der Waals surface area contributed by atoms with Crippen molar-refractivity contribution in [3.05, 3.63) is 34.9 Å². The Bertz CT molecular complexity index is 475. The smallest absolute Gasteiger partial charge is 0.335 e. The minimum atomic E-state index is -1.09. The van der Waals surface area contributed by atoms with Gasteiger partial charge in [0.25, 0.3) is 0 Å². The molecular weight excluding hydrogens is 232 g/mol. The van der Waals surface area contributed by atoms with Crippen molar-refractivity contribution in [1.82, 2.24) is 0 Å². The van der Waals surface area contributed by atoms with Gasteiger partial charge in [-0.05, 0) is 36.5 Å². The molecule has 1 saturated carbocycles. The van der Waals surface area contributed by atoms with Crippen molar-refractivity contribution in [2.75, 3.05) is 0 Å². The Morgan fingerprint density at radius 2 is 1.89 bits per heavy atom. The van der Waals surface area contributed by atoms with Crippen molar-refractivity contribution in [2.45, 2.75) is 32.1 Å². The minimum Gasteiger partial charge on any atom is -0.478 e. The van der Waals surface area contributed by atoms with E-state index in [9.17, 15) is 9.59 Å². The maximum absolute atomic E-state index is 11.1. The number of hydrogen-bond donors (Lipinski definition) is 2. The number of aryl methyl sites for hydroxylation is 1. The zero-order valence-corrected chi connectivity index (χ0v) is 10.1. The van der Waals surface area contributed by atoms with Gasteiger partial charge in [-0.3, -0.25) is 0 Å². The summed E-state index contributed by atoms with van der Waals surface area (Å²) in [7, 11) is 0. The Hall–Kier alpha value is -1.84. The van der Waals surface area contributed by atoms with Crippen LogP contribution in [0.5, 0.6) is 0 Å². The molecule has 0 aliphatic heterocycles. The van der Waals surface area contributed by atoms with Crippen LogP contribution in [0.4, 0.5) is 0 Å². The van der Waals surface area contributed by atoms with Crippen LogP contribution in [0.25, 0.3) is 0 Å². The molecule has 2 rings (SSSR count). The maximum atomic E-state index is 11.1. The van der Waals surface area contributed by atoms with Gasteiger partial charge in [-0.15, -0.1) is 0 Å². The van der Waals surface area contributed by atoms with Crippen LogP contribution >= 0.6 is 0 Å². The summed E-state index contributed by atoms with van der Waals surface area (Å²) in [6.45, 7) is 0. The van der Waals surface area contributed by atoms with Crippen molar-refractivity contribution in [1.29, 1.82) is 0 Å². The second-order valence-corrected chi connectivity index (χ2v) is 4.82. The van der Waals surface area contributed by atoms with E-state index in [1.807, 2.05) is 0 Å². The molecule has 0 amide bonds. The molecule has 1 fully saturated rings. The molecule has 4 heteroatoms. The largest absolute Gasteiger partial charge is 0.478 e. The van der Waals surface area contributed by atoms with E-state index in [0.29, 0.717) is 12.3 Å². The van der Waals surface area contributed by atoms with Gasteiger partial charge >= 0.3 is 11.9 Å². The van der Waals surface area contributed by atoms with Crippen molar-refractivity contribution in [3.8, 4) is 0 Å². The van der Waals surface area contributed by atoms with Crippen molar-refractivity contribution < 1.29 is 19.8 Å². The standard InChI is InChI=1S/C14H16O4/c15-13(16)11-7-6-10(12(8-11)14(17)18)5-4-9-2-1-3-9/h6-9H,1-5H2,(H,15,16)(H,17,18). The van der Waals surface area contributed by atoms with Crippen LogP contribution in [0, 0.1) is 5.92 Å². The van der Waals surface area contributed by atoms with E-state index in [2.05, 4.69) is 0 Å². The van der Waals surface area contributed by atoms with E-state index < -0.39 is 11.9 Å². The zero-order chi connectivity index (χ0) is 13.1. The number of hydrogen-bond acceptors (Lipinski definition) is 2. The van der Waals surface area contributed by atoms with Crippen molar-refractivity contribution >= 4 is 11.9 Å². The van der Waals surface area contributed by atoms with E-state index in [-0.39, 0.29) is 11.1 Å². The summed E-state index contributed by atoms with van der Waals surface area (Å²) in [5.74, 6) is -1.43. The number of aromatic carboxylic acids is 2. The monoisotopic (exact) mass is 248 g/mol.